The molecule has 0 bridgehead atoms. The van der Waals surface area contributed by atoms with E-state index in [2.05, 4.69) is 57.9 Å². The minimum absolute atomic E-state index is 0.776. The van der Waals surface area contributed by atoms with Gasteiger partial charge in [0.15, 0.2) is 0 Å². The summed E-state index contributed by atoms with van der Waals surface area (Å²) < 4.78 is 3.46. The van der Waals surface area contributed by atoms with E-state index in [9.17, 15) is 0 Å². The minimum Gasteiger partial charge on any atom is -0.335 e. The Bertz CT molecular complexity index is 559. The zero-order chi connectivity index (χ0) is 12.5. The van der Waals surface area contributed by atoms with Crippen molar-refractivity contribution in [3.8, 4) is 0 Å². The summed E-state index contributed by atoms with van der Waals surface area (Å²) in [7, 11) is 0. The molecule has 0 radical (unpaired) electrons. The van der Waals surface area contributed by atoms with E-state index in [-0.39, 0.29) is 0 Å². The Hall–Kier alpha value is -1.09. The van der Waals surface area contributed by atoms with Crippen molar-refractivity contribution in [2.24, 2.45) is 5.92 Å². The van der Waals surface area contributed by atoms with Gasteiger partial charge in [0.2, 0.25) is 0 Å². The van der Waals surface area contributed by atoms with E-state index in [0.29, 0.717) is 0 Å². The molecule has 1 aromatic heterocycles. The molecule has 3 heteroatoms. The molecule has 0 saturated carbocycles. The Labute approximate surface area is 116 Å². The third kappa shape index (κ3) is 2.51. The molecular weight excluding hydrogens is 288 g/mol. The second kappa shape index (κ2) is 4.88. The molecule has 1 unspecified atom stereocenters. The molecule has 2 aromatic rings. The highest BCUT2D eigenvalue weighted by molar-refractivity contribution is 9.10. The zero-order valence-electron chi connectivity index (χ0n) is 10.6. The van der Waals surface area contributed by atoms with Crippen LogP contribution in [0.4, 0.5) is 0 Å². The average molecular weight is 305 g/mol. The highest BCUT2D eigenvalue weighted by Gasteiger charge is 2.17. The normalized spacial score (nSPS) is 18.7. The molecule has 0 fully saturated rings. The third-order valence-corrected chi connectivity index (χ3v) is 4.07. The van der Waals surface area contributed by atoms with Gasteiger partial charge >= 0.3 is 0 Å². The van der Waals surface area contributed by atoms with Crippen molar-refractivity contribution in [2.75, 3.05) is 0 Å². The molecule has 1 aliphatic rings. The molecule has 0 saturated heterocycles. The summed E-state index contributed by atoms with van der Waals surface area (Å²) in [5.74, 6) is 2.04. The van der Waals surface area contributed by atoms with Crippen LogP contribution in [0, 0.1) is 5.92 Å². The number of fused-ring (bicyclic) bond motifs is 1. The fraction of sp³-hybridized carbons (Fsp3) is 0.400. The smallest absolute Gasteiger partial charge is 0.109 e. The van der Waals surface area contributed by atoms with Crippen molar-refractivity contribution in [2.45, 2.75) is 32.7 Å². The highest BCUT2D eigenvalue weighted by atomic mass is 79.9. The van der Waals surface area contributed by atoms with Gasteiger partial charge < -0.3 is 4.57 Å². The summed E-state index contributed by atoms with van der Waals surface area (Å²) >= 11 is 3.51. The lowest BCUT2D eigenvalue weighted by atomic mass is 10.0. The van der Waals surface area contributed by atoms with Gasteiger partial charge in [0.25, 0.3) is 0 Å². The van der Waals surface area contributed by atoms with Crippen LogP contribution >= 0.6 is 15.9 Å². The number of rotatable bonds is 2. The van der Waals surface area contributed by atoms with E-state index in [0.717, 1.165) is 29.8 Å². The lowest BCUT2D eigenvalue weighted by molar-refractivity contribution is 0.409. The van der Waals surface area contributed by atoms with Crippen LogP contribution in [0.15, 0.2) is 34.9 Å². The maximum atomic E-state index is 4.77. The first-order valence-corrected chi connectivity index (χ1v) is 7.29. The van der Waals surface area contributed by atoms with Gasteiger partial charge in [-0.15, -0.1) is 0 Å². The third-order valence-electron chi connectivity index (χ3n) is 3.58. The first kappa shape index (κ1) is 12.0. The van der Waals surface area contributed by atoms with Crippen LogP contribution in [0.25, 0.3) is 0 Å². The summed E-state index contributed by atoms with van der Waals surface area (Å²) in [5.41, 5.74) is 2.50. The largest absolute Gasteiger partial charge is 0.335 e. The molecule has 1 aromatic carbocycles. The lowest BCUT2D eigenvalue weighted by Gasteiger charge is -2.18. The van der Waals surface area contributed by atoms with Crippen molar-refractivity contribution in [3.63, 3.8) is 0 Å². The second-order valence-corrected chi connectivity index (χ2v) is 6.16. The van der Waals surface area contributed by atoms with Gasteiger partial charge in [-0.3, -0.25) is 0 Å². The molecule has 0 spiro atoms. The van der Waals surface area contributed by atoms with Crippen molar-refractivity contribution < 1.29 is 0 Å². The number of halogens is 1. The number of aromatic nitrogens is 2. The monoisotopic (exact) mass is 304 g/mol. The van der Waals surface area contributed by atoms with Crippen LogP contribution in [0.5, 0.6) is 0 Å². The molecule has 0 aliphatic carbocycles. The quantitative estimate of drug-likeness (QED) is 0.825. The predicted molar refractivity (Wildman–Crippen MR) is 76.7 cm³/mol. The second-order valence-electron chi connectivity index (χ2n) is 5.25. The number of hydrogen-bond acceptors (Lipinski definition) is 1. The molecule has 94 valence electrons. The first-order valence-electron chi connectivity index (χ1n) is 6.50. The Morgan fingerprint density at radius 1 is 1.44 bits per heavy atom. The summed E-state index contributed by atoms with van der Waals surface area (Å²) in [5, 5.41) is 0. The fourth-order valence-electron chi connectivity index (χ4n) is 2.58. The number of nitrogens with zero attached hydrogens (tertiary/aromatic N) is 2. The molecule has 0 N–H and O–H groups in total. The molecular formula is C15H17BrN2. The van der Waals surface area contributed by atoms with Crippen LogP contribution in [0.1, 0.15) is 30.4 Å². The van der Waals surface area contributed by atoms with Gasteiger partial charge in [-0.25, -0.2) is 4.98 Å². The Kier molecular flexibility index (Phi) is 3.25. The van der Waals surface area contributed by atoms with Crippen molar-refractivity contribution in [1.29, 1.82) is 0 Å². The number of hydrogen-bond donors (Lipinski definition) is 0. The molecule has 1 atom stereocenters. The van der Waals surface area contributed by atoms with Crippen molar-refractivity contribution >= 4 is 15.9 Å². The average Bonchev–Trinajstić information content (AvgIpc) is 2.70. The number of imidazole rings is 1. The molecule has 1 aliphatic heterocycles. The summed E-state index contributed by atoms with van der Waals surface area (Å²) in [6.45, 7) is 3.44. The molecule has 2 nitrogen and oxygen atoms in total. The van der Waals surface area contributed by atoms with E-state index < -0.39 is 0 Å². The van der Waals surface area contributed by atoms with E-state index in [4.69, 9.17) is 4.98 Å². The van der Waals surface area contributed by atoms with Gasteiger partial charge in [-0.2, -0.15) is 0 Å². The van der Waals surface area contributed by atoms with Gasteiger partial charge in [0.1, 0.15) is 5.82 Å². The van der Waals surface area contributed by atoms with Gasteiger partial charge in [0.05, 0.1) is 5.69 Å². The Balaban J connectivity index is 1.82. The van der Waals surface area contributed by atoms with Crippen molar-refractivity contribution in [3.05, 3.63) is 52.0 Å². The Morgan fingerprint density at radius 3 is 3.17 bits per heavy atom. The van der Waals surface area contributed by atoms with Gasteiger partial charge in [0, 0.05) is 30.1 Å². The maximum Gasteiger partial charge on any atom is 0.109 e. The maximum absolute atomic E-state index is 4.77. The van der Waals surface area contributed by atoms with Gasteiger partial charge in [-0.05, 0) is 30.0 Å². The van der Waals surface area contributed by atoms with E-state index in [1.807, 2.05) is 0 Å². The van der Waals surface area contributed by atoms with Crippen LogP contribution in [-0.2, 0) is 19.4 Å². The van der Waals surface area contributed by atoms with Crippen LogP contribution in [0.2, 0.25) is 0 Å². The standard InChI is InChI=1S/C15H17BrN2/c1-11-5-6-18-10-14(17-15(18)7-11)9-12-3-2-4-13(16)8-12/h2-4,8,10-11H,5-7,9H2,1H3. The molecule has 2 heterocycles. The van der Waals surface area contributed by atoms with Crippen molar-refractivity contribution in [1.82, 2.24) is 9.55 Å². The van der Waals surface area contributed by atoms with Crippen LogP contribution in [-0.4, -0.2) is 9.55 Å². The molecule has 3 rings (SSSR count). The molecule has 18 heavy (non-hydrogen) atoms. The SMILES string of the molecule is CC1CCn2cc(Cc3cccc(Br)c3)nc2C1. The summed E-state index contributed by atoms with van der Waals surface area (Å²) in [6.07, 6.45) is 5.55. The first-order chi connectivity index (χ1) is 8.70. The highest BCUT2D eigenvalue weighted by Crippen LogP contribution is 2.21. The van der Waals surface area contributed by atoms with E-state index in [1.54, 1.807) is 0 Å². The minimum atomic E-state index is 0.776. The summed E-state index contributed by atoms with van der Waals surface area (Å²) in [4.78, 5) is 4.77. The predicted octanol–water partition coefficient (Wildman–Crippen LogP) is 3.82. The van der Waals surface area contributed by atoms with E-state index in [1.165, 1.54) is 23.5 Å². The fourth-order valence-corrected chi connectivity index (χ4v) is 3.03. The lowest BCUT2D eigenvalue weighted by Crippen LogP contribution is -2.16. The summed E-state index contributed by atoms with van der Waals surface area (Å²) in [6, 6.07) is 8.47. The van der Waals surface area contributed by atoms with Crippen LogP contribution in [0.3, 0.4) is 0 Å². The van der Waals surface area contributed by atoms with E-state index >= 15 is 0 Å². The number of benzene rings is 1. The van der Waals surface area contributed by atoms with Crippen LogP contribution < -0.4 is 0 Å². The Morgan fingerprint density at radius 2 is 2.33 bits per heavy atom. The van der Waals surface area contributed by atoms with Gasteiger partial charge in [-0.1, -0.05) is 35.0 Å². The molecule has 0 amide bonds. The zero-order valence-corrected chi connectivity index (χ0v) is 12.2. The topological polar surface area (TPSA) is 17.8 Å². The number of aryl methyl sites for hydroxylation is 1.